The first kappa shape index (κ1) is 19.1. The minimum Gasteiger partial charge on any atom is -0.337 e. The van der Waals surface area contributed by atoms with Crippen LogP contribution in [0.5, 0.6) is 5.75 Å². The molecule has 11 heteroatoms. The van der Waals surface area contributed by atoms with Crippen LogP contribution in [0.25, 0.3) is 0 Å². The van der Waals surface area contributed by atoms with Gasteiger partial charge in [-0.1, -0.05) is 17.3 Å². The monoisotopic (exact) mass is 484 g/mol. The topological polar surface area (TPSA) is 108 Å². The van der Waals surface area contributed by atoms with E-state index in [-0.39, 0.29) is 27.9 Å². The Morgan fingerprint density at radius 2 is 2.18 bits per heavy atom. The van der Waals surface area contributed by atoms with Crippen LogP contribution in [0.15, 0.2) is 43.5 Å². The number of thiophene rings is 1. The average molecular weight is 485 g/mol. The van der Waals surface area contributed by atoms with Crippen LogP contribution in [0.3, 0.4) is 0 Å². The predicted molar refractivity (Wildman–Crippen MR) is 104 cm³/mol. The Morgan fingerprint density at radius 1 is 1.36 bits per heavy atom. The SMILES string of the molecule is Cc1noc(NS(=O)(=O)c2ccsc2C(=O)Cc2ccc3c(c2)OOC3)c1Br. The van der Waals surface area contributed by atoms with Gasteiger partial charge in [0.1, 0.15) is 16.0 Å². The smallest absolute Gasteiger partial charge is 0.265 e. The number of sulfonamides is 1. The number of nitrogens with one attached hydrogen (secondary N) is 1. The van der Waals surface area contributed by atoms with Crippen molar-refractivity contribution in [1.29, 1.82) is 0 Å². The number of Topliss-reactive ketones (excluding diaryl/α,β-unsaturated/α-hetero) is 1. The molecule has 1 aliphatic heterocycles. The molecule has 4 rings (SSSR count). The number of aromatic nitrogens is 1. The lowest BCUT2D eigenvalue weighted by Gasteiger charge is -2.07. The Morgan fingerprint density at radius 3 is 2.93 bits per heavy atom. The summed E-state index contributed by atoms with van der Waals surface area (Å²) < 4.78 is 33.2. The lowest BCUT2D eigenvalue weighted by molar-refractivity contribution is -0.194. The summed E-state index contributed by atoms with van der Waals surface area (Å²) in [6, 6.07) is 6.72. The van der Waals surface area contributed by atoms with Crippen molar-refractivity contribution in [2.75, 3.05) is 4.72 Å². The van der Waals surface area contributed by atoms with Gasteiger partial charge in [0.2, 0.25) is 0 Å². The minimum atomic E-state index is -4.03. The van der Waals surface area contributed by atoms with E-state index in [9.17, 15) is 13.2 Å². The first-order valence-corrected chi connectivity index (χ1v) is 11.2. The molecule has 0 aliphatic carbocycles. The molecule has 0 unspecified atom stereocenters. The zero-order valence-corrected chi connectivity index (χ0v) is 17.6. The van der Waals surface area contributed by atoms with Crippen LogP contribution in [-0.4, -0.2) is 19.4 Å². The number of halogens is 1. The van der Waals surface area contributed by atoms with Crippen LogP contribution >= 0.6 is 27.3 Å². The minimum absolute atomic E-state index is 0.0325. The van der Waals surface area contributed by atoms with Gasteiger partial charge in [-0.25, -0.2) is 13.1 Å². The van der Waals surface area contributed by atoms with Gasteiger partial charge in [-0.15, -0.1) is 11.3 Å². The summed E-state index contributed by atoms with van der Waals surface area (Å²) in [6.45, 7) is 2.02. The third-order valence-corrected chi connectivity index (χ3v) is 7.44. The maximum Gasteiger partial charge on any atom is 0.265 e. The number of hydrogen-bond acceptors (Lipinski definition) is 8. The maximum absolute atomic E-state index is 12.8. The zero-order chi connectivity index (χ0) is 19.9. The number of benzene rings is 1. The Bertz CT molecular complexity index is 1170. The van der Waals surface area contributed by atoms with Crippen molar-refractivity contribution >= 4 is 49.0 Å². The molecular formula is C17H13BrN2O6S2. The number of aryl methyl sites for hydroxylation is 1. The largest absolute Gasteiger partial charge is 0.337 e. The molecule has 0 radical (unpaired) electrons. The third kappa shape index (κ3) is 3.58. The van der Waals surface area contributed by atoms with E-state index >= 15 is 0 Å². The molecule has 3 aromatic rings. The van der Waals surface area contributed by atoms with Crippen molar-refractivity contribution < 1.29 is 27.5 Å². The van der Waals surface area contributed by atoms with Gasteiger partial charge in [0.25, 0.3) is 15.9 Å². The fourth-order valence-electron chi connectivity index (χ4n) is 2.64. The molecular weight excluding hydrogens is 472 g/mol. The van der Waals surface area contributed by atoms with E-state index in [1.54, 1.807) is 24.4 Å². The van der Waals surface area contributed by atoms with Gasteiger partial charge in [0, 0.05) is 12.0 Å². The van der Waals surface area contributed by atoms with E-state index in [4.69, 9.17) is 14.3 Å². The molecule has 0 fully saturated rings. The molecule has 0 bridgehead atoms. The van der Waals surface area contributed by atoms with Crippen molar-refractivity contribution in [3.8, 4) is 5.75 Å². The number of nitrogens with zero attached hydrogens (tertiary/aromatic N) is 1. The fraction of sp³-hybridized carbons (Fsp3) is 0.176. The molecule has 1 N–H and O–H groups in total. The van der Waals surface area contributed by atoms with Gasteiger partial charge >= 0.3 is 0 Å². The summed E-state index contributed by atoms with van der Waals surface area (Å²) in [5, 5.41) is 5.25. The molecule has 0 amide bonds. The maximum atomic E-state index is 12.8. The summed E-state index contributed by atoms with van der Waals surface area (Å²) in [6.07, 6.45) is 0.0325. The summed E-state index contributed by atoms with van der Waals surface area (Å²) in [5.41, 5.74) is 2.10. The third-order valence-electron chi connectivity index (χ3n) is 4.05. The highest BCUT2D eigenvalue weighted by Crippen LogP contribution is 2.31. The summed E-state index contributed by atoms with van der Waals surface area (Å²) in [4.78, 5) is 22.7. The van der Waals surface area contributed by atoms with Crippen LogP contribution in [0.1, 0.15) is 26.5 Å². The van der Waals surface area contributed by atoms with Crippen LogP contribution in [-0.2, 0) is 27.9 Å². The Kier molecular flexibility index (Phi) is 5.00. The Hall–Kier alpha value is -2.21. The summed E-state index contributed by atoms with van der Waals surface area (Å²) >= 11 is 4.28. The van der Waals surface area contributed by atoms with Gasteiger partial charge in [-0.2, -0.15) is 4.89 Å². The molecule has 0 saturated heterocycles. The van der Waals surface area contributed by atoms with Gasteiger partial charge in [-0.05, 0) is 45.9 Å². The molecule has 28 heavy (non-hydrogen) atoms. The summed E-state index contributed by atoms with van der Waals surface area (Å²) in [7, 11) is -4.03. The quantitative estimate of drug-likeness (QED) is 0.417. The van der Waals surface area contributed by atoms with Crippen molar-refractivity contribution in [2.45, 2.75) is 24.8 Å². The molecule has 0 saturated carbocycles. The molecule has 8 nitrogen and oxygen atoms in total. The predicted octanol–water partition coefficient (Wildman–Crippen LogP) is 3.86. The number of hydrogen-bond donors (Lipinski definition) is 1. The molecule has 2 aromatic heterocycles. The number of carbonyl (C=O) groups is 1. The van der Waals surface area contributed by atoms with Gasteiger partial charge in [-0.3, -0.25) is 4.79 Å². The van der Waals surface area contributed by atoms with E-state index in [2.05, 4.69) is 25.8 Å². The molecule has 1 aromatic carbocycles. The summed E-state index contributed by atoms with van der Waals surface area (Å²) in [5.74, 6) is 0.205. The van der Waals surface area contributed by atoms with Crippen LogP contribution in [0.4, 0.5) is 5.88 Å². The van der Waals surface area contributed by atoms with Gasteiger partial charge in [0.05, 0.1) is 10.6 Å². The molecule has 3 heterocycles. The number of fused-ring (bicyclic) bond motifs is 1. The second-order valence-corrected chi connectivity index (χ2v) is 9.38. The van der Waals surface area contributed by atoms with E-state index < -0.39 is 10.0 Å². The number of rotatable bonds is 6. The highest BCUT2D eigenvalue weighted by molar-refractivity contribution is 9.10. The van der Waals surface area contributed by atoms with Crippen molar-refractivity contribution in [1.82, 2.24) is 5.16 Å². The standard InChI is InChI=1S/C17H13BrN2O6S2/c1-9-15(18)17(25-19-9)20-28(22,23)14-4-5-27-16(14)12(21)6-10-2-3-11-8-24-26-13(11)7-10/h2-5,7,20H,6,8H2,1H3. The first-order chi connectivity index (χ1) is 13.3. The van der Waals surface area contributed by atoms with Crippen LogP contribution < -0.4 is 9.61 Å². The van der Waals surface area contributed by atoms with Crippen LogP contribution in [0.2, 0.25) is 0 Å². The van der Waals surface area contributed by atoms with Crippen molar-refractivity contribution in [2.24, 2.45) is 0 Å². The zero-order valence-electron chi connectivity index (χ0n) is 14.4. The van der Waals surface area contributed by atoms with Crippen molar-refractivity contribution in [3.05, 3.63) is 55.8 Å². The second-order valence-electron chi connectivity index (χ2n) is 6.02. The van der Waals surface area contributed by atoms with E-state index in [1.165, 1.54) is 6.07 Å². The highest BCUT2D eigenvalue weighted by Gasteiger charge is 2.27. The molecule has 1 aliphatic rings. The number of carbonyl (C=O) groups excluding carboxylic acids is 1. The van der Waals surface area contributed by atoms with E-state index in [0.29, 0.717) is 28.1 Å². The van der Waals surface area contributed by atoms with Gasteiger partial charge in [0.15, 0.2) is 11.5 Å². The highest BCUT2D eigenvalue weighted by atomic mass is 79.9. The molecule has 146 valence electrons. The normalized spacial score (nSPS) is 13.2. The molecule has 0 spiro atoms. The fourth-order valence-corrected chi connectivity index (χ4v) is 5.40. The van der Waals surface area contributed by atoms with Crippen LogP contribution in [0, 0.1) is 6.92 Å². The lowest BCUT2D eigenvalue weighted by atomic mass is 10.1. The lowest BCUT2D eigenvalue weighted by Crippen LogP contribution is -2.16. The molecule has 0 atom stereocenters. The first-order valence-electron chi connectivity index (χ1n) is 8.01. The van der Waals surface area contributed by atoms with Crippen molar-refractivity contribution in [3.63, 3.8) is 0 Å². The second kappa shape index (κ2) is 7.32. The number of anilines is 1. The number of ketones is 1. The Balaban J connectivity index is 1.58. The van der Waals surface area contributed by atoms with E-state index in [0.717, 1.165) is 16.9 Å². The van der Waals surface area contributed by atoms with E-state index in [1.807, 2.05) is 6.07 Å². The van der Waals surface area contributed by atoms with Gasteiger partial charge < -0.3 is 9.41 Å². The Labute approximate surface area is 172 Å². The average Bonchev–Trinajstić information content (AvgIpc) is 3.38.